The van der Waals surface area contributed by atoms with Crippen LogP contribution in [0.1, 0.15) is 43.0 Å². The minimum Gasteiger partial charge on any atom is -0.356 e. The Morgan fingerprint density at radius 2 is 2.00 bits per heavy atom. The van der Waals surface area contributed by atoms with Crippen LogP contribution in [0, 0.1) is 12.8 Å². The maximum absolute atomic E-state index is 12.9. The van der Waals surface area contributed by atoms with Crippen molar-refractivity contribution in [3.63, 3.8) is 0 Å². The van der Waals surface area contributed by atoms with Gasteiger partial charge in [-0.3, -0.25) is 9.59 Å². The number of carbonyl (C=O) groups excluding carboxylic acids is 1. The lowest BCUT2D eigenvalue weighted by Gasteiger charge is -2.43. The van der Waals surface area contributed by atoms with Crippen LogP contribution in [-0.2, 0) is 17.8 Å². The zero-order valence-corrected chi connectivity index (χ0v) is 19.9. The van der Waals surface area contributed by atoms with Gasteiger partial charge < -0.3 is 14.8 Å². The summed E-state index contributed by atoms with van der Waals surface area (Å²) in [6.07, 6.45) is 1.97. The molecule has 3 heterocycles. The molecule has 1 N–H and O–H groups in total. The number of aryl methyl sites for hydroxylation is 2. The van der Waals surface area contributed by atoms with Crippen molar-refractivity contribution in [1.82, 2.24) is 9.47 Å². The molecule has 1 aromatic heterocycles. The van der Waals surface area contributed by atoms with Gasteiger partial charge in [0.1, 0.15) is 4.32 Å². The van der Waals surface area contributed by atoms with Crippen LogP contribution in [0.25, 0.3) is 0 Å². The quantitative estimate of drug-likeness (QED) is 0.701. The average molecular weight is 456 g/mol. The molecule has 2 aromatic rings. The van der Waals surface area contributed by atoms with Gasteiger partial charge in [-0.05, 0) is 49.8 Å². The Morgan fingerprint density at radius 3 is 2.77 bits per heavy atom. The number of amides is 1. The van der Waals surface area contributed by atoms with Gasteiger partial charge in [-0.2, -0.15) is 0 Å². The van der Waals surface area contributed by atoms with E-state index in [1.165, 1.54) is 11.8 Å². The number of hydrogen-bond donors (Lipinski definition) is 1. The van der Waals surface area contributed by atoms with Crippen molar-refractivity contribution < 1.29 is 4.79 Å². The Labute approximate surface area is 193 Å². The maximum atomic E-state index is 12.9. The molecule has 1 aromatic carbocycles. The third kappa shape index (κ3) is 4.58. The zero-order valence-electron chi connectivity index (χ0n) is 18.3. The number of thiocarbonyl (C=S) groups is 1. The molecule has 0 spiro atoms. The number of pyridine rings is 1. The summed E-state index contributed by atoms with van der Waals surface area (Å²) in [7, 11) is 0. The number of carbonyl (C=O) groups is 1. The number of nitrogens with zero attached hydrogens (tertiary/aromatic N) is 2. The van der Waals surface area contributed by atoms with Crippen molar-refractivity contribution in [2.24, 2.45) is 5.92 Å². The second-order valence-corrected chi connectivity index (χ2v) is 10.6. The van der Waals surface area contributed by atoms with Crippen molar-refractivity contribution in [2.75, 3.05) is 18.4 Å². The van der Waals surface area contributed by atoms with Crippen LogP contribution in [0.2, 0.25) is 0 Å². The number of rotatable bonds is 4. The van der Waals surface area contributed by atoms with Gasteiger partial charge in [-0.15, -0.1) is 0 Å². The van der Waals surface area contributed by atoms with Crippen LogP contribution < -0.4 is 10.9 Å². The predicted molar refractivity (Wildman–Crippen MR) is 132 cm³/mol. The Balaban J connectivity index is 1.41. The molecular formula is C24H29N3O2S2. The number of likely N-dealkylation sites (tertiary alicyclic amines) is 1. The van der Waals surface area contributed by atoms with E-state index in [0.717, 1.165) is 59.3 Å². The summed E-state index contributed by atoms with van der Waals surface area (Å²) in [6, 6.07) is 11.7. The molecular weight excluding hydrogens is 426 g/mol. The molecule has 164 valence electrons. The molecule has 2 aliphatic heterocycles. The summed E-state index contributed by atoms with van der Waals surface area (Å²) in [4.78, 5) is 27.4. The highest BCUT2D eigenvalue weighted by Crippen LogP contribution is 2.36. The van der Waals surface area contributed by atoms with Crippen molar-refractivity contribution in [3.8, 4) is 0 Å². The van der Waals surface area contributed by atoms with Crippen molar-refractivity contribution in [2.45, 2.75) is 51.3 Å². The summed E-state index contributed by atoms with van der Waals surface area (Å²) < 4.78 is 2.69. The number of para-hydroxylation sites is 1. The fourth-order valence-electron chi connectivity index (χ4n) is 4.75. The van der Waals surface area contributed by atoms with E-state index in [1.807, 2.05) is 36.6 Å². The lowest BCUT2D eigenvalue weighted by Crippen LogP contribution is -2.48. The molecule has 0 aliphatic carbocycles. The molecule has 0 unspecified atom stereocenters. The Bertz CT molecular complexity index is 1070. The molecule has 0 saturated carbocycles. The molecule has 3 atom stereocenters. The monoisotopic (exact) mass is 455 g/mol. The second-order valence-electron chi connectivity index (χ2n) is 8.58. The van der Waals surface area contributed by atoms with E-state index in [0.29, 0.717) is 11.8 Å². The number of hydrogen-bond acceptors (Lipinski definition) is 4. The Hall–Kier alpha value is -2.12. The Morgan fingerprint density at radius 1 is 1.23 bits per heavy atom. The van der Waals surface area contributed by atoms with Crippen molar-refractivity contribution in [3.05, 3.63) is 63.6 Å². The number of thioether (sulfide) groups is 1. The fraction of sp³-hybridized carbons (Fsp3) is 0.458. The second kappa shape index (κ2) is 9.17. The Kier molecular flexibility index (Phi) is 6.53. The molecule has 7 heteroatoms. The standard InChI is InChI=1S/C24H29N3O2S2/c1-4-18-8-5-7-15(2)22(18)25-23(29)16(3)31-24(30)26-12-17-11-19(14-26)20-9-6-10-21(28)27(20)13-17/h5-10,16-17,19H,4,11-14H2,1-3H3,(H,25,29)/t16-,17+,19-/m0/s1. The minimum atomic E-state index is -0.284. The number of anilines is 1. The predicted octanol–water partition coefficient (Wildman–Crippen LogP) is 4.18. The van der Waals surface area contributed by atoms with Crippen LogP contribution in [0.4, 0.5) is 5.69 Å². The first-order chi connectivity index (χ1) is 14.9. The largest absolute Gasteiger partial charge is 0.356 e. The van der Waals surface area contributed by atoms with Gasteiger partial charge in [0.2, 0.25) is 5.91 Å². The molecule has 2 bridgehead atoms. The van der Waals surface area contributed by atoms with E-state index in [9.17, 15) is 9.59 Å². The van der Waals surface area contributed by atoms with E-state index >= 15 is 0 Å². The summed E-state index contributed by atoms with van der Waals surface area (Å²) in [5, 5.41) is 2.84. The third-order valence-electron chi connectivity index (χ3n) is 6.37. The third-order valence-corrected chi connectivity index (χ3v) is 7.95. The van der Waals surface area contributed by atoms with E-state index < -0.39 is 0 Å². The molecule has 2 aliphatic rings. The molecule has 1 saturated heterocycles. The van der Waals surface area contributed by atoms with Crippen molar-refractivity contribution >= 4 is 39.9 Å². The van der Waals surface area contributed by atoms with Gasteiger partial charge in [0.15, 0.2) is 0 Å². The maximum Gasteiger partial charge on any atom is 0.250 e. The van der Waals surface area contributed by atoms with Crippen LogP contribution in [-0.4, -0.2) is 38.0 Å². The molecule has 0 radical (unpaired) electrons. The molecule has 1 fully saturated rings. The molecule has 1 amide bonds. The number of aromatic nitrogens is 1. The molecule has 5 nitrogen and oxygen atoms in total. The topological polar surface area (TPSA) is 54.3 Å². The van der Waals surface area contributed by atoms with E-state index in [-0.39, 0.29) is 16.7 Å². The summed E-state index contributed by atoms with van der Waals surface area (Å²) in [5.41, 5.74) is 4.34. The molecule has 4 rings (SSSR count). The average Bonchev–Trinajstić information content (AvgIpc) is 2.75. The zero-order chi connectivity index (χ0) is 22.1. The van der Waals surface area contributed by atoms with Gasteiger partial charge >= 0.3 is 0 Å². The lowest BCUT2D eigenvalue weighted by atomic mass is 9.83. The number of nitrogens with one attached hydrogen (secondary N) is 1. The first-order valence-electron chi connectivity index (χ1n) is 10.9. The van der Waals surface area contributed by atoms with E-state index in [2.05, 4.69) is 29.3 Å². The van der Waals surface area contributed by atoms with E-state index in [1.54, 1.807) is 6.07 Å². The minimum absolute atomic E-state index is 0.0227. The summed E-state index contributed by atoms with van der Waals surface area (Å²) in [6.45, 7) is 8.42. The summed E-state index contributed by atoms with van der Waals surface area (Å²) in [5.74, 6) is 0.696. The van der Waals surface area contributed by atoms with Crippen LogP contribution >= 0.6 is 24.0 Å². The highest BCUT2D eigenvalue weighted by Gasteiger charge is 2.36. The number of fused-ring (bicyclic) bond motifs is 4. The van der Waals surface area contributed by atoms with Gasteiger partial charge in [-0.1, -0.05) is 55.2 Å². The van der Waals surface area contributed by atoms with Crippen LogP contribution in [0.3, 0.4) is 0 Å². The first kappa shape index (κ1) is 22.1. The highest BCUT2D eigenvalue weighted by molar-refractivity contribution is 8.23. The van der Waals surface area contributed by atoms with Crippen LogP contribution in [0.5, 0.6) is 0 Å². The highest BCUT2D eigenvalue weighted by atomic mass is 32.2. The van der Waals surface area contributed by atoms with Gasteiger partial charge in [0, 0.05) is 43.0 Å². The van der Waals surface area contributed by atoms with Crippen LogP contribution in [0.15, 0.2) is 41.2 Å². The van der Waals surface area contributed by atoms with Gasteiger partial charge in [0.05, 0.1) is 5.25 Å². The summed E-state index contributed by atoms with van der Waals surface area (Å²) >= 11 is 7.20. The number of benzene rings is 1. The lowest BCUT2D eigenvalue weighted by molar-refractivity contribution is -0.115. The normalized spacial score (nSPS) is 20.7. The fourth-order valence-corrected chi connectivity index (χ4v) is 6.10. The first-order valence-corrected chi connectivity index (χ1v) is 12.2. The SMILES string of the molecule is CCc1cccc(C)c1NC(=O)[C@H](C)SC(=S)N1C[C@H]2C[C@@H](C1)c1cccc(=O)n1C2. The number of piperidine rings is 1. The van der Waals surface area contributed by atoms with Crippen molar-refractivity contribution in [1.29, 1.82) is 0 Å². The molecule has 31 heavy (non-hydrogen) atoms. The van der Waals surface area contributed by atoms with Gasteiger partial charge in [0.25, 0.3) is 5.56 Å². The smallest absolute Gasteiger partial charge is 0.250 e. The van der Waals surface area contributed by atoms with E-state index in [4.69, 9.17) is 12.2 Å². The van der Waals surface area contributed by atoms with Gasteiger partial charge in [-0.25, -0.2) is 0 Å².